The van der Waals surface area contributed by atoms with Gasteiger partial charge in [-0.05, 0) is 63.0 Å². The number of nitrogens with one attached hydrogen (secondary N) is 1. The summed E-state index contributed by atoms with van der Waals surface area (Å²) in [6.07, 6.45) is 8.00. The predicted molar refractivity (Wildman–Crippen MR) is 109 cm³/mol. The van der Waals surface area contributed by atoms with Gasteiger partial charge in [0.2, 0.25) is 11.8 Å². The predicted octanol–water partition coefficient (Wildman–Crippen LogP) is 0.962. The Morgan fingerprint density at radius 3 is 2.57 bits per heavy atom. The summed E-state index contributed by atoms with van der Waals surface area (Å²) in [7, 11) is 3.33. The number of likely N-dealkylation sites (N-methyl/N-ethyl adjacent to an activating group) is 2. The van der Waals surface area contributed by atoms with Crippen molar-refractivity contribution in [3.8, 4) is 0 Å². The first-order chi connectivity index (χ1) is 13.6. The molecule has 0 unspecified atom stereocenters. The van der Waals surface area contributed by atoms with Crippen LogP contribution in [0.25, 0.3) is 0 Å². The number of hydrogen-bond donors (Lipinski definition) is 1. The van der Waals surface area contributed by atoms with E-state index in [0.717, 1.165) is 58.4 Å². The minimum atomic E-state index is -0.120. The maximum Gasteiger partial charge on any atom is 0.239 e. The topological polar surface area (TPSA) is 68.8 Å². The first-order valence-electron chi connectivity index (χ1n) is 10.4. The van der Waals surface area contributed by atoms with Gasteiger partial charge in [0, 0.05) is 45.6 Å². The number of nitrogens with zero attached hydrogens (tertiary/aromatic N) is 4. The second-order valence-corrected chi connectivity index (χ2v) is 8.06. The largest absolute Gasteiger partial charge is 0.358 e. The Morgan fingerprint density at radius 1 is 1.18 bits per heavy atom. The summed E-state index contributed by atoms with van der Waals surface area (Å²) in [5.41, 5.74) is 1.32. The number of likely N-dealkylation sites (tertiary alicyclic amines) is 2. The van der Waals surface area contributed by atoms with Gasteiger partial charge >= 0.3 is 0 Å². The molecule has 0 bridgehead atoms. The van der Waals surface area contributed by atoms with Crippen molar-refractivity contribution in [1.82, 2.24) is 25.0 Å². The summed E-state index contributed by atoms with van der Waals surface area (Å²) in [5.74, 6) is -0.00763. The summed E-state index contributed by atoms with van der Waals surface area (Å²) in [6.45, 7) is 5.22. The van der Waals surface area contributed by atoms with Crippen molar-refractivity contribution >= 4 is 11.8 Å². The van der Waals surface area contributed by atoms with Crippen LogP contribution in [0.15, 0.2) is 24.5 Å². The van der Waals surface area contributed by atoms with Crippen molar-refractivity contribution < 1.29 is 9.59 Å². The summed E-state index contributed by atoms with van der Waals surface area (Å²) in [6, 6.07) is 4.73. The van der Waals surface area contributed by atoms with Crippen LogP contribution in [-0.2, 0) is 16.1 Å². The second-order valence-electron chi connectivity index (χ2n) is 8.06. The van der Waals surface area contributed by atoms with Gasteiger partial charge in [-0.25, -0.2) is 0 Å². The van der Waals surface area contributed by atoms with Crippen LogP contribution >= 0.6 is 0 Å². The molecule has 7 nitrogen and oxygen atoms in total. The van der Waals surface area contributed by atoms with Crippen LogP contribution in [0, 0.1) is 5.92 Å². The van der Waals surface area contributed by atoms with Gasteiger partial charge in [0.1, 0.15) is 0 Å². The van der Waals surface area contributed by atoms with E-state index >= 15 is 0 Å². The first kappa shape index (κ1) is 20.7. The molecule has 154 valence electrons. The minimum absolute atomic E-state index is 0.0123. The molecule has 1 atom stereocenters. The van der Waals surface area contributed by atoms with Crippen molar-refractivity contribution in [3.05, 3.63) is 30.1 Å². The normalized spacial score (nSPS) is 22.0. The smallest absolute Gasteiger partial charge is 0.239 e. The molecule has 7 heteroatoms. The van der Waals surface area contributed by atoms with E-state index in [2.05, 4.69) is 32.2 Å². The van der Waals surface area contributed by atoms with Crippen LogP contribution in [0.5, 0.6) is 0 Å². The number of carbonyl (C=O) groups excluding carboxylic acids is 2. The molecular formula is C21H33N5O2. The Bertz CT molecular complexity index is 645. The van der Waals surface area contributed by atoms with Gasteiger partial charge in [0.25, 0.3) is 0 Å². The molecule has 1 aromatic rings. The number of aromatic nitrogens is 1. The fourth-order valence-corrected chi connectivity index (χ4v) is 4.41. The molecule has 0 spiro atoms. The highest BCUT2D eigenvalue weighted by atomic mass is 16.2. The number of rotatable bonds is 6. The lowest BCUT2D eigenvalue weighted by Crippen LogP contribution is -2.51. The van der Waals surface area contributed by atoms with E-state index in [9.17, 15) is 9.59 Å². The number of amides is 2. The summed E-state index contributed by atoms with van der Waals surface area (Å²) in [4.78, 5) is 35.0. The fourth-order valence-electron chi connectivity index (χ4n) is 4.41. The lowest BCUT2D eigenvalue weighted by atomic mass is 9.93. The molecule has 1 aromatic heterocycles. The monoisotopic (exact) mass is 387 g/mol. The van der Waals surface area contributed by atoms with E-state index < -0.39 is 0 Å². The fraction of sp³-hybridized carbons (Fsp3) is 0.667. The van der Waals surface area contributed by atoms with Crippen molar-refractivity contribution in [2.75, 3.05) is 46.8 Å². The van der Waals surface area contributed by atoms with Crippen LogP contribution in [0.2, 0.25) is 0 Å². The summed E-state index contributed by atoms with van der Waals surface area (Å²) < 4.78 is 0. The molecule has 2 aliphatic rings. The third-order valence-corrected chi connectivity index (χ3v) is 6.07. The van der Waals surface area contributed by atoms with E-state index in [-0.39, 0.29) is 24.3 Å². The molecule has 3 rings (SSSR count). The average molecular weight is 388 g/mol. The van der Waals surface area contributed by atoms with Crippen LogP contribution < -0.4 is 5.32 Å². The molecule has 2 saturated heterocycles. The SMILES string of the molecule is CNC(=O)CN(C)C(=O)[C@@H]1CCCN(C2CCN(Cc3ccncc3)CC2)C1. The Labute approximate surface area is 168 Å². The van der Waals surface area contributed by atoms with Gasteiger partial charge in [-0.1, -0.05) is 0 Å². The summed E-state index contributed by atoms with van der Waals surface area (Å²) >= 11 is 0. The maximum absolute atomic E-state index is 12.7. The minimum Gasteiger partial charge on any atom is -0.358 e. The van der Waals surface area contributed by atoms with Gasteiger partial charge in [-0.3, -0.25) is 24.4 Å². The molecule has 2 fully saturated rings. The van der Waals surface area contributed by atoms with E-state index in [1.54, 1.807) is 19.0 Å². The Balaban J connectivity index is 1.47. The van der Waals surface area contributed by atoms with Gasteiger partial charge in [-0.2, -0.15) is 0 Å². The Hall–Kier alpha value is -1.99. The van der Waals surface area contributed by atoms with Gasteiger partial charge in [-0.15, -0.1) is 0 Å². The van der Waals surface area contributed by atoms with Crippen LogP contribution in [0.3, 0.4) is 0 Å². The highest BCUT2D eigenvalue weighted by Crippen LogP contribution is 2.25. The third kappa shape index (κ3) is 5.52. The molecule has 3 heterocycles. The zero-order valence-corrected chi connectivity index (χ0v) is 17.1. The molecule has 2 aliphatic heterocycles. The molecule has 0 saturated carbocycles. The van der Waals surface area contributed by atoms with E-state index in [1.165, 1.54) is 5.56 Å². The molecule has 0 aliphatic carbocycles. The molecule has 0 radical (unpaired) electrons. The zero-order valence-electron chi connectivity index (χ0n) is 17.1. The van der Waals surface area contributed by atoms with Gasteiger partial charge in [0.15, 0.2) is 0 Å². The Kier molecular flexibility index (Phi) is 7.39. The van der Waals surface area contributed by atoms with Gasteiger partial charge in [0.05, 0.1) is 12.5 Å². The maximum atomic E-state index is 12.7. The number of piperidine rings is 2. The number of carbonyl (C=O) groups is 2. The quantitative estimate of drug-likeness (QED) is 0.788. The average Bonchev–Trinajstić information content (AvgIpc) is 2.74. The molecule has 28 heavy (non-hydrogen) atoms. The third-order valence-electron chi connectivity index (χ3n) is 6.07. The standard InChI is InChI=1S/C21H33N5O2/c1-22-20(27)16-24(2)21(28)18-4-3-11-26(15-18)19-7-12-25(13-8-19)14-17-5-9-23-10-6-17/h5-6,9-10,18-19H,3-4,7-8,11-16H2,1-2H3,(H,22,27)/t18-/m1/s1. The number of pyridine rings is 1. The Morgan fingerprint density at radius 2 is 1.89 bits per heavy atom. The first-order valence-corrected chi connectivity index (χ1v) is 10.4. The van der Waals surface area contributed by atoms with Crippen molar-refractivity contribution in [3.63, 3.8) is 0 Å². The highest BCUT2D eigenvalue weighted by Gasteiger charge is 2.33. The van der Waals surface area contributed by atoms with Crippen LogP contribution in [-0.4, -0.2) is 84.4 Å². The van der Waals surface area contributed by atoms with E-state index in [1.807, 2.05) is 12.4 Å². The number of hydrogen-bond acceptors (Lipinski definition) is 5. The van der Waals surface area contributed by atoms with E-state index in [0.29, 0.717) is 6.04 Å². The van der Waals surface area contributed by atoms with Crippen LogP contribution in [0.4, 0.5) is 0 Å². The van der Waals surface area contributed by atoms with Crippen LogP contribution in [0.1, 0.15) is 31.2 Å². The van der Waals surface area contributed by atoms with Gasteiger partial charge < -0.3 is 10.2 Å². The molecule has 2 amide bonds. The summed E-state index contributed by atoms with van der Waals surface area (Å²) in [5, 5.41) is 2.58. The van der Waals surface area contributed by atoms with Crippen molar-refractivity contribution in [1.29, 1.82) is 0 Å². The van der Waals surface area contributed by atoms with E-state index in [4.69, 9.17) is 0 Å². The highest BCUT2D eigenvalue weighted by molar-refractivity contribution is 5.85. The lowest BCUT2D eigenvalue weighted by Gasteiger charge is -2.42. The van der Waals surface area contributed by atoms with Crippen molar-refractivity contribution in [2.45, 2.75) is 38.3 Å². The molecule has 1 N–H and O–H groups in total. The van der Waals surface area contributed by atoms with Crippen molar-refractivity contribution in [2.24, 2.45) is 5.92 Å². The molecule has 0 aromatic carbocycles. The lowest BCUT2D eigenvalue weighted by molar-refractivity contribution is -0.139. The zero-order chi connectivity index (χ0) is 19.9. The second kappa shape index (κ2) is 9.98. The molecular weight excluding hydrogens is 354 g/mol.